The molecule has 1 aromatic carbocycles. The number of hydrogen-bond acceptors (Lipinski definition) is 5. The second kappa shape index (κ2) is 4.81. The van der Waals surface area contributed by atoms with Crippen LogP contribution in [0.4, 0.5) is 11.4 Å². The topological polar surface area (TPSA) is 85.1 Å². The fourth-order valence-corrected chi connectivity index (χ4v) is 2.17. The summed E-state index contributed by atoms with van der Waals surface area (Å²) >= 11 is 0. The van der Waals surface area contributed by atoms with E-state index in [0.29, 0.717) is 12.2 Å². The van der Waals surface area contributed by atoms with Gasteiger partial charge in [-0.05, 0) is 24.3 Å². The van der Waals surface area contributed by atoms with E-state index in [0.717, 1.165) is 16.6 Å². The molecule has 0 fully saturated rings. The van der Waals surface area contributed by atoms with Gasteiger partial charge in [0.15, 0.2) is 0 Å². The molecule has 5 nitrogen and oxygen atoms in total. The van der Waals surface area contributed by atoms with Crippen LogP contribution < -0.4 is 11.1 Å². The molecule has 0 aliphatic heterocycles. The fourth-order valence-electron chi connectivity index (χ4n) is 1.70. The van der Waals surface area contributed by atoms with Crippen molar-refractivity contribution in [3.8, 4) is 0 Å². The summed E-state index contributed by atoms with van der Waals surface area (Å²) in [6.45, 7) is 0.342. The number of nitrogen functional groups attached to an aromatic ring is 1. The van der Waals surface area contributed by atoms with Crippen molar-refractivity contribution in [1.29, 1.82) is 0 Å². The molecule has 18 heavy (non-hydrogen) atoms. The quantitative estimate of drug-likeness (QED) is 0.813. The summed E-state index contributed by atoms with van der Waals surface area (Å²) in [5.41, 5.74) is 8.17. The number of fused-ring (bicyclic) bond motifs is 1. The maximum Gasteiger partial charge on any atom is 0.149 e. The SMILES string of the molecule is CS(=O)(=O)CCNc1ccc2ncccc2c1N. The molecular weight excluding hydrogens is 250 g/mol. The molecule has 0 unspecified atom stereocenters. The number of sulfone groups is 1. The minimum absolute atomic E-state index is 0.0809. The zero-order chi connectivity index (χ0) is 13.2. The highest BCUT2D eigenvalue weighted by Crippen LogP contribution is 2.27. The first-order chi connectivity index (χ1) is 8.47. The Labute approximate surface area is 106 Å². The Hall–Kier alpha value is -1.82. The van der Waals surface area contributed by atoms with E-state index in [9.17, 15) is 8.42 Å². The van der Waals surface area contributed by atoms with Crippen molar-refractivity contribution >= 4 is 32.1 Å². The number of aromatic nitrogens is 1. The van der Waals surface area contributed by atoms with Crippen LogP contribution in [0.2, 0.25) is 0 Å². The Kier molecular flexibility index (Phi) is 3.38. The van der Waals surface area contributed by atoms with Crippen molar-refractivity contribution in [3.05, 3.63) is 30.5 Å². The zero-order valence-electron chi connectivity index (χ0n) is 10.1. The second-order valence-corrected chi connectivity index (χ2v) is 6.41. The third-order valence-electron chi connectivity index (χ3n) is 2.62. The zero-order valence-corrected chi connectivity index (χ0v) is 10.9. The highest BCUT2D eigenvalue weighted by molar-refractivity contribution is 7.90. The predicted octanol–water partition coefficient (Wildman–Crippen LogP) is 1.27. The summed E-state index contributed by atoms with van der Waals surface area (Å²) in [4.78, 5) is 4.20. The lowest BCUT2D eigenvalue weighted by Gasteiger charge is -2.10. The minimum Gasteiger partial charge on any atom is -0.397 e. The molecule has 0 bridgehead atoms. The molecule has 0 saturated heterocycles. The van der Waals surface area contributed by atoms with Crippen LogP contribution in [0.25, 0.3) is 10.9 Å². The molecule has 3 N–H and O–H groups in total. The van der Waals surface area contributed by atoms with Crippen LogP contribution in [0.1, 0.15) is 0 Å². The van der Waals surface area contributed by atoms with E-state index in [1.165, 1.54) is 6.26 Å². The number of nitrogens with zero attached hydrogens (tertiary/aromatic N) is 1. The summed E-state index contributed by atoms with van der Waals surface area (Å²) in [6, 6.07) is 7.37. The Balaban J connectivity index is 2.22. The normalized spacial score (nSPS) is 11.6. The van der Waals surface area contributed by atoms with E-state index in [2.05, 4.69) is 10.3 Å². The van der Waals surface area contributed by atoms with Crippen LogP contribution in [-0.4, -0.2) is 32.0 Å². The Morgan fingerprint density at radius 2 is 2.11 bits per heavy atom. The molecule has 6 heteroatoms. The van der Waals surface area contributed by atoms with Gasteiger partial charge in [-0.3, -0.25) is 4.98 Å². The Morgan fingerprint density at radius 3 is 2.83 bits per heavy atom. The lowest BCUT2D eigenvalue weighted by atomic mass is 10.1. The van der Waals surface area contributed by atoms with Gasteiger partial charge in [0.2, 0.25) is 0 Å². The average Bonchev–Trinajstić information content (AvgIpc) is 2.31. The largest absolute Gasteiger partial charge is 0.397 e. The van der Waals surface area contributed by atoms with E-state index in [1.54, 1.807) is 6.20 Å². The molecule has 0 radical (unpaired) electrons. The van der Waals surface area contributed by atoms with Gasteiger partial charge in [-0.25, -0.2) is 8.42 Å². The lowest BCUT2D eigenvalue weighted by Crippen LogP contribution is -2.14. The molecule has 1 heterocycles. The number of nitrogens with two attached hydrogens (primary N) is 1. The molecule has 0 spiro atoms. The maximum absolute atomic E-state index is 11.0. The van der Waals surface area contributed by atoms with Gasteiger partial charge in [-0.1, -0.05) is 0 Å². The lowest BCUT2D eigenvalue weighted by molar-refractivity contribution is 0.602. The van der Waals surface area contributed by atoms with Crippen LogP contribution >= 0.6 is 0 Å². The number of nitrogens with one attached hydrogen (secondary N) is 1. The van der Waals surface area contributed by atoms with Gasteiger partial charge < -0.3 is 11.1 Å². The fraction of sp³-hybridized carbons (Fsp3) is 0.250. The molecule has 0 aliphatic carbocycles. The first-order valence-corrected chi connectivity index (χ1v) is 7.58. The Morgan fingerprint density at radius 1 is 1.33 bits per heavy atom. The van der Waals surface area contributed by atoms with Crippen molar-refractivity contribution in [2.24, 2.45) is 0 Å². The summed E-state index contributed by atoms with van der Waals surface area (Å²) in [5.74, 6) is 0.0809. The van der Waals surface area contributed by atoms with E-state index in [4.69, 9.17) is 5.73 Å². The van der Waals surface area contributed by atoms with E-state index in [-0.39, 0.29) is 5.75 Å². The number of pyridine rings is 1. The van der Waals surface area contributed by atoms with Crippen LogP contribution in [0, 0.1) is 0 Å². The van der Waals surface area contributed by atoms with Crippen LogP contribution in [0.15, 0.2) is 30.5 Å². The first-order valence-electron chi connectivity index (χ1n) is 5.52. The Bertz CT molecular complexity index is 668. The van der Waals surface area contributed by atoms with Crippen molar-refractivity contribution in [1.82, 2.24) is 4.98 Å². The van der Waals surface area contributed by atoms with Gasteiger partial charge in [-0.2, -0.15) is 0 Å². The molecule has 0 amide bonds. The van der Waals surface area contributed by atoms with Gasteiger partial charge in [0.05, 0.1) is 22.6 Å². The second-order valence-electron chi connectivity index (χ2n) is 4.15. The third-order valence-corrected chi connectivity index (χ3v) is 3.56. The van der Waals surface area contributed by atoms with Gasteiger partial charge in [0, 0.05) is 24.4 Å². The highest BCUT2D eigenvalue weighted by Gasteiger charge is 2.06. The van der Waals surface area contributed by atoms with Gasteiger partial charge in [0.1, 0.15) is 9.84 Å². The smallest absolute Gasteiger partial charge is 0.149 e. The first kappa shape index (κ1) is 12.6. The molecule has 0 aliphatic rings. The minimum atomic E-state index is -2.97. The molecule has 2 rings (SSSR count). The molecule has 0 saturated carbocycles. The van der Waals surface area contributed by atoms with Gasteiger partial charge >= 0.3 is 0 Å². The van der Waals surface area contributed by atoms with E-state index >= 15 is 0 Å². The van der Waals surface area contributed by atoms with Gasteiger partial charge in [-0.15, -0.1) is 0 Å². The number of rotatable bonds is 4. The van der Waals surface area contributed by atoms with Crippen LogP contribution in [0.3, 0.4) is 0 Å². The van der Waals surface area contributed by atoms with Crippen molar-refractivity contribution < 1.29 is 8.42 Å². The maximum atomic E-state index is 11.0. The molecule has 0 atom stereocenters. The summed E-state index contributed by atoms with van der Waals surface area (Å²) in [7, 11) is -2.97. The van der Waals surface area contributed by atoms with Gasteiger partial charge in [0.25, 0.3) is 0 Å². The monoisotopic (exact) mass is 265 g/mol. The standard InChI is InChI=1S/C12H15N3O2S/c1-18(16,17)8-7-15-11-5-4-10-9(12(11)13)3-2-6-14-10/h2-6,15H,7-8,13H2,1H3. The predicted molar refractivity (Wildman–Crippen MR) is 74.4 cm³/mol. The summed E-state index contributed by atoms with van der Waals surface area (Å²) in [5, 5.41) is 3.89. The van der Waals surface area contributed by atoms with Crippen molar-refractivity contribution in [2.45, 2.75) is 0 Å². The van der Waals surface area contributed by atoms with E-state index in [1.807, 2.05) is 24.3 Å². The molecular formula is C12H15N3O2S. The van der Waals surface area contributed by atoms with Crippen molar-refractivity contribution in [2.75, 3.05) is 29.6 Å². The third kappa shape index (κ3) is 2.89. The van der Waals surface area contributed by atoms with E-state index < -0.39 is 9.84 Å². The number of hydrogen-bond donors (Lipinski definition) is 2. The van der Waals surface area contributed by atoms with Crippen LogP contribution in [-0.2, 0) is 9.84 Å². The highest BCUT2D eigenvalue weighted by atomic mass is 32.2. The van der Waals surface area contributed by atoms with Crippen LogP contribution in [0.5, 0.6) is 0 Å². The molecule has 2 aromatic rings. The molecule has 1 aromatic heterocycles. The summed E-state index contributed by atoms with van der Waals surface area (Å²) in [6.07, 6.45) is 2.92. The summed E-state index contributed by atoms with van der Waals surface area (Å²) < 4.78 is 22.1. The number of anilines is 2. The van der Waals surface area contributed by atoms with Crippen molar-refractivity contribution in [3.63, 3.8) is 0 Å². The average molecular weight is 265 g/mol. The molecule has 96 valence electrons. The number of benzene rings is 1.